The topological polar surface area (TPSA) is 135 Å². The van der Waals surface area contributed by atoms with E-state index < -0.39 is 5.97 Å². The van der Waals surface area contributed by atoms with Crippen LogP contribution in [0.1, 0.15) is 30.5 Å². The Hall–Kier alpha value is -4.21. The summed E-state index contributed by atoms with van der Waals surface area (Å²) in [5.41, 5.74) is 2.83. The Morgan fingerprint density at radius 3 is 2.55 bits per heavy atom. The van der Waals surface area contributed by atoms with Crippen LogP contribution in [0.25, 0.3) is 5.69 Å². The molecule has 10 heteroatoms. The van der Waals surface area contributed by atoms with Gasteiger partial charge in [-0.2, -0.15) is 9.36 Å². The fourth-order valence-electron chi connectivity index (χ4n) is 3.31. The van der Waals surface area contributed by atoms with Crippen molar-refractivity contribution in [2.45, 2.75) is 27.4 Å². The van der Waals surface area contributed by atoms with Crippen LogP contribution >= 0.6 is 0 Å². The molecule has 0 aliphatic heterocycles. The number of para-hydroxylation sites is 1. The van der Waals surface area contributed by atoms with Crippen molar-refractivity contribution in [2.75, 3.05) is 6.54 Å². The van der Waals surface area contributed by atoms with Crippen molar-refractivity contribution in [3.05, 3.63) is 80.9 Å². The van der Waals surface area contributed by atoms with Crippen molar-refractivity contribution in [1.29, 1.82) is 5.41 Å². The summed E-state index contributed by atoms with van der Waals surface area (Å²) in [6, 6.07) is 12.5. The molecule has 33 heavy (non-hydrogen) atoms. The van der Waals surface area contributed by atoms with Crippen molar-refractivity contribution in [3.8, 4) is 11.4 Å². The van der Waals surface area contributed by atoms with Crippen LogP contribution in [0.2, 0.25) is 0 Å². The predicted molar refractivity (Wildman–Crippen MR) is 123 cm³/mol. The van der Waals surface area contributed by atoms with Crippen molar-refractivity contribution >= 4 is 11.7 Å². The molecule has 0 bridgehead atoms. The number of allylic oxidation sites excluding steroid dienone is 1. The zero-order chi connectivity index (χ0) is 24.1. The summed E-state index contributed by atoms with van der Waals surface area (Å²) >= 11 is 0. The number of carboxylic acids is 1. The number of hydrogen-bond donors (Lipinski definition) is 3. The number of rotatable bonds is 9. The van der Waals surface area contributed by atoms with Gasteiger partial charge in [0.15, 0.2) is 0 Å². The van der Waals surface area contributed by atoms with E-state index in [9.17, 15) is 14.7 Å². The van der Waals surface area contributed by atoms with Gasteiger partial charge in [-0.3, -0.25) is 5.41 Å². The number of nitrogens with zero attached hydrogens (tertiary/aromatic N) is 4. The average molecular weight is 450 g/mol. The van der Waals surface area contributed by atoms with Crippen LogP contribution in [-0.4, -0.2) is 43.1 Å². The van der Waals surface area contributed by atoms with Crippen LogP contribution < -0.4 is 15.7 Å². The van der Waals surface area contributed by atoms with Crippen LogP contribution in [0.4, 0.5) is 0 Å². The summed E-state index contributed by atoms with van der Waals surface area (Å²) in [4.78, 5) is 23.7. The Morgan fingerprint density at radius 2 is 1.94 bits per heavy atom. The number of aliphatic carboxylic acids is 1. The second-order valence-corrected chi connectivity index (χ2v) is 7.41. The highest BCUT2D eigenvalue weighted by atomic mass is 16.5. The molecule has 0 atom stereocenters. The number of aromatic nitrogens is 4. The lowest BCUT2D eigenvalue weighted by Crippen LogP contribution is -2.23. The van der Waals surface area contributed by atoms with E-state index in [0.29, 0.717) is 29.1 Å². The maximum absolute atomic E-state index is 12.2. The third kappa shape index (κ3) is 5.00. The number of carboxylic acid groups (broad SMARTS) is 1. The van der Waals surface area contributed by atoms with Crippen LogP contribution in [0.5, 0.6) is 5.75 Å². The van der Waals surface area contributed by atoms with Gasteiger partial charge in [0.25, 0.3) is 0 Å². The van der Waals surface area contributed by atoms with E-state index in [-0.39, 0.29) is 23.7 Å². The van der Waals surface area contributed by atoms with Crippen molar-refractivity contribution in [2.24, 2.45) is 7.05 Å². The Kier molecular flexibility index (Phi) is 7.07. The lowest BCUT2D eigenvalue weighted by atomic mass is 10.00. The van der Waals surface area contributed by atoms with Gasteiger partial charge in [0.05, 0.1) is 11.4 Å². The van der Waals surface area contributed by atoms with Crippen LogP contribution in [0, 0.1) is 12.3 Å². The molecule has 0 saturated carbocycles. The Morgan fingerprint density at radius 1 is 1.21 bits per heavy atom. The van der Waals surface area contributed by atoms with Crippen LogP contribution in [0.3, 0.4) is 0 Å². The fraction of sp³-hybridized carbons (Fsp3) is 0.261. The Labute approximate surface area is 190 Å². The Balaban J connectivity index is 1.82. The number of benzene rings is 2. The van der Waals surface area contributed by atoms with E-state index in [0.717, 1.165) is 15.8 Å². The summed E-state index contributed by atoms with van der Waals surface area (Å²) in [6.07, 6.45) is 0. The molecule has 172 valence electrons. The summed E-state index contributed by atoms with van der Waals surface area (Å²) in [5.74, 6) is -0.490. The third-order valence-electron chi connectivity index (χ3n) is 5.11. The first kappa shape index (κ1) is 23.5. The molecule has 2 aromatic carbocycles. The zero-order valence-corrected chi connectivity index (χ0v) is 18.9. The molecule has 0 amide bonds. The first-order chi connectivity index (χ1) is 15.7. The third-order valence-corrected chi connectivity index (χ3v) is 5.11. The minimum atomic E-state index is -1.10. The van der Waals surface area contributed by atoms with Crippen LogP contribution in [-0.2, 0) is 18.4 Å². The molecule has 3 rings (SSSR count). The van der Waals surface area contributed by atoms with Gasteiger partial charge in [-0.05, 0) is 61.0 Å². The average Bonchev–Trinajstić information content (AvgIpc) is 3.13. The smallest absolute Gasteiger partial charge is 0.368 e. The van der Waals surface area contributed by atoms with Gasteiger partial charge in [-0.1, -0.05) is 18.2 Å². The van der Waals surface area contributed by atoms with E-state index in [1.165, 1.54) is 11.7 Å². The van der Waals surface area contributed by atoms with Gasteiger partial charge in [0, 0.05) is 30.3 Å². The molecule has 1 heterocycles. The van der Waals surface area contributed by atoms with Crippen molar-refractivity contribution in [1.82, 2.24) is 25.1 Å². The van der Waals surface area contributed by atoms with Gasteiger partial charge < -0.3 is 15.2 Å². The fourth-order valence-corrected chi connectivity index (χ4v) is 3.31. The van der Waals surface area contributed by atoms with E-state index in [1.807, 2.05) is 19.1 Å². The lowest BCUT2D eigenvalue weighted by Gasteiger charge is -2.14. The molecule has 3 N–H and O–H groups in total. The molecule has 0 unspecified atom stereocenters. The van der Waals surface area contributed by atoms with Gasteiger partial charge >= 0.3 is 11.7 Å². The molecule has 10 nitrogen and oxygen atoms in total. The first-order valence-corrected chi connectivity index (χ1v) is 10.3. The normalized spacial score (nSPS) is 11.6. The molecular weight excluding hydrogens is 424 g/mol. The summed E-state index contributed by atoms with van der Waals surface area (Å²) in [7, 11) is 1.53. The largest absolute Gasteiger partial charge is 0.489 e. The lowest BCUT2D eigenvalue weighted by molar-refractivity contribution is -0.133. The van der Waals surface area contributed by atoms with Gasteiger partial charge in [-0.25, -0.2) is 9.59 Å². The quantitative estimate of drug-likeness (QED) is 0.336. The van der Waals surface area contributed by atoms with Gasteiger partial charge in [0.1, 0.15) is 18.1 Å². The van der Waals surface area contributed by atoms with Gasteiger partial charge in [-0.15, -0.1) is 0 Å². The Bertz CT molecular complexity index is 1290. The molecule has 0 spiro atoms. The number of ether oxygens (including phenoxy) is 1. The molecular formula is C23H26N6O4. The molecule has 3 aromatic rings. The van der Waals surface area contributed by atoms with E-state index in [4.69, 9.17) is 10.1 Å². The van der Waals surface area contributed by atoms with Crippen molar-refractivity contribution < 1.29 is 14.6 Å². The van der Waals surface area contributed by atoms with E-state index >= 15 is 0 Å². The predicted octanol–water partition coefficient (Wildman–Crippen LogP) is 2.19. The number of nitrogens with one attached hydrogen (secondary N) is 2. The highest BCUT2D eigenvalue weighted by molar-refractivity contribution is 6.13. The van der Waals surface area contributed by atoms with Gasteiger partial charge in [0.2, 0.25) is 0 Å². The second-order valence-electron chi connectivity index (χ2n) is 7.41. The SMILES string of the molecule is CCN/C(C(=O)O)=C(/C)C(=N)c1ccc(OCc2ccccc2-n2nnn(C)c2=O)c(C)c1. The van der Waals surface area contributed by atoms with Crippen molar-refractivity contribution in [3.63, 3.8) is 0 Å². The molecule has 1 aromatic heterocycles. The summed E-state index contributed by atoms with van der Waals surface area (Å²) in [5, 5.41) is 28.3. The zero-order valence-electron chi connectivity index (χ0n) is 18.9. The second kappa shape index (κ2) is 9.94. The molecule has 0 aliphatic rings. The van der Waals surface area contributed by atoms with E-state index in [1.54, 1.807) is 44.2 Å². The first-order valence-electron chi connectivity index (χ1n) is 10.3. The molecule has 0 fully saturated rings. The standard InChI is InChI=1S/C23H26N6O4/c1-5-25-21(22(30)31)15(3)20(24)16-10-11-19(14(2)12-16)33-13-17-8-6-7-9-18(17)29-23(32)28(4)26-27-29/h6-12,24-25H,5,13H2,1-4H3,(H,30,31)/b21-15-,24-20?. The molecule has 0 aliphatic carbocycles. The molecule has 0 saturated heterocycles. The minimum Gasteiger partial charge on any atom is -0.489 e. The van der Waals surface area contributed by atoms with Crippen LogP contribution in [0.15, 0.2) is 58.5 Å². The monoisotopic (exact) mass is 450 g/mol. The highest BCUT2D eigenvalue weighted by Gasteiger charge is 2.16. The minimum absolute atomic E-state index is 0.0105. The van der Waals surface area contributed by atoms with E-state index in [2.05, 4.69) is 15.7 Å². The summed E-state index contributed by atoms with van der Waals surface area (Å²) < 4.78 is 8.36. The molecule has 0 radical (unpaired) electrons. The number of likely N-dealkylation sites (N-methyl/N-ethyl adjacent to an activating group) is 1. The maximum atomic E-state index is 12.2. The summed E-state index contributed by atoms with van der Waals surface area (Å²) in [6.45, 7) is 5.90. The number of hydrogen-bond acceptors (Lipinski definition) is 7. The number of tetrazole rings is 1. The maximum Gasteiger partial charge on any atom is 0.368 e. The number of aryl methyl sites for hydroxylation is 2. The number of carbonyl (C=O) groups is 1. The highest BCUT2D eigenvalue weighted by Crippen LogP contribution is 2.23.